The molecule has 0 aliphatic rings. The van der Waals surface area contributed by atoms with Crippen molar-refractivity contribution in [2.45, 2.75) is 98.3 Å². The van der Waals surface area contributed by atoms with Gasteiger partial charge in [0.05, 0.1) is 18.2 Å². The number of unbranched alkanes of at least 4 members (excludes halogenated alkanes) is 7. The second kappa shape index (κ2) is 17.6. The number of carbonyl (C=O) groups is 1. The normalized spacial score (nSPS) is 12.0. The Morgan fingerprint density at radius 3 is 2.14 bits per heavy atom. The second-order valence-electron chi connectivity index (χ2n) is 11.7. The zero-order valence-electron chi connectivity index (χ0n) is 25.8. The lowest BCUT2D eigenvalue weighted by molar-refractivity contribution is -0.138. The van der Waals surface area contributed by atoms with Crippen LogP contribution in [0.4, 0.5) is 8.78 Å². The molecule has 0 aliphatic heterocycles. The second-order valence-corrected chi connectivity index (χ2v) is 11.7. The standard InChI is InChI=1S/C36H47F2NO3/c1-5-6-7-8-9-10-11-12-22-41-35-21-17-28(23-33(35)38)29-16-20-34(39-25-29)31-19-18-30(24-32(31)37)42-36(40)27(4)15-13-14-26(2)3/h16-21,23-27H,5-15,22H2,1-4H3/t27-/m0/s1. The van der Waals surface area contributed by atoms with Crippen LogP contribution in [0, 0.1) is 23.5 Å². The quantitative estimate of drug-likeness (QED) is 0.0854. The molecule has 0 saturated heterocycles. The number of halogens is 2. The first-order valence-electron chi connectivity index (χ1n) is 15.7. The zero-order chi connectivity index (χ0) is 30.3. The van der Waals surface area contributed by atoms with Gasteiger partial charge in [0.1, 0.15) is 11.6 Å². The molecular weight excluding hydrogens is 532 g/mol. The Labute approximate surface area is 250 Å². The first-order valence-corrected chi connectivity index (χ1v) is 15.7. The fourth-order valence-corrected chi connectivity index (χ4v) is 4.87. The highest BCUT2D eigenvalue weighted by atomic mass is 19.1. The summed E-state index contributed by atoms with van der Waals surface area (Å²) in [4.78, 5) is 16.8. The molecule has 0 N–H and O–H groups in total. The van der Waals surface area contributed by atoms with Crippen molar-refractivity contribution in [3.05, 3.63) is 66.4 Å². The van der Waals surface area contributed by atoms with Gasteiger partial charge in [-0.2, -0.15) is 0 Å². The van der Waals surface area contributed by atoms with E-state index in [2.05, 4.69) is 25.8 Å². The van der Waals surface area contributed by atoms with Crippen LogP contribution in [0.25, 0.3) is 22.4 Å². The van der Waals surface area contributed by atoms with Crippen LogP contribution in [-0.4, -0.2) is 17.6 Å². The Hall–Kier alpha value is -3.28. The number of ether oxygens (including phenoxy) is 2. The molecule has 0 fully saturated rings. The van der Waals surface area contributed by atoms with Crippen LogP contribution in [0.1, 0.15) is 98.3 Å². The Bertz CT molecular complexity index is 1240. The van der Waals surface area contributed by atoms with Gasteiger partial charge in [0.15, 0.2) is 11.6 Å². The molecule has 0 radical (unpaired) electrons. The minimum atomic E-state index is -0.531. The maximum absolute atomic E-state index is 14.9. The average molecular weight is 580 g/mol. The predicted molar refractivity (Wildman–Crippen MR) is 167 cm³/mol. The molecule has 3 rings (SSSR count). The van der Waals surface area contributed by atoms with Crippen molar-refractivity contribution in [2.24, 2.45) is 11.8 Å². The molecule has 0 unspecified atom stereocenters. The van der Waals surface area contributed by atoms with Gasteiger partial charge in [-0.1, -0.05) is 97.6 Å². The number of rotatable bonds is 18. The van der Waals surface area contributed by atoms with Crippen LogP contribution < -0.4 is 9.47 Å². The van der Waals surface area contributed by atoms with Crippen molar-refractivity contribution < 1.29 is 23.0 Å². The van der Waals surface area contributed by atoms with Crippen LogP contribution in [0.5, 0.6) is 11.5 Å². The summed E-state index contributed by atoms with van der Waals surface area (Å²) in [5.41, 5.74) is 2.10. The van der Waals surface area contributed by atoms with E-state index in [-0.39, 0.29) is 23.4 Å². The first kappa shape index (κ1) is 33.2. The topological polar surface area (TPSA) is 48.4 Å². The van der Waals surface area contributed by atoms with E-state index >= 15 is 0 Å². The van der Waals surface area contributed by atoms with Crippen LogP contribution in [0.3, 0.4) is 0 Å². The van der Waals surface area contributed by atoms with Gasteiger partial charge in [-0.05, 0) is 54.7 Å². The summed E-state index contributed by atoms with van der Waals surface area (Å²) >= 11 is 0. The third-order valence-electron chi connectivity index (χ3n) is 7.54. The van der Waals surface area contributed by atoms with Gasteiger partial charge in [0.2, 0.25) is 0 Å². The largest absolute Gasteiger partial charge is 0.491 e. The number of esters is 1. The summed E-state index contributed by atoms with van der Waals surface area (Å²) in [5, 5.41) is 0. The van der Waals surface area contributed by atoms with E-state index in [0.717, 1.165) is 32.1 Å². The number of carbonyl (C=O) groups excluding carboxylic acids is 1. The number of nitrogens with zero attached hydrogens (tertiary/aromatic N) is 1. The lowest BCUT2D eigenvalue weighted by atomic mass is 10.00. The number of benzene rings is 2. The third-order valence-corrected chi connectivity index (χ3v) is 7.54. The number of pyridine rings is 1. The van der Waals surface area contributed by atoms with E-state index in [9.17, 15) is 13.6 Å². The Balaban J connectivity index is 1.51. The molecule has 6 heteroatoms. The van der Waals surface area contributed by atoms with Crippen LogP contribution in [0.15, 0.2) is 54.7 Å². The molecule has 3 aromatic rings. The summed E-state index contributed by atoms with van der Waals surface area (Å²) in [6.45, 7) is 8.87. The number of aromatic nitrogens is 1. The molecule has 1 atom stereocenters. The maximum atomic E-state index is 14.9. The maximum Gasteiger partial charge on any atom is 0.314 e. The Morgan fingerprint density at radius 2 is 1.50 bits per heavy atom. The lowest BCUT2D eigenvalue weighted by Crippen LogP contribution is -2.18. The van der Waals surface area contributed by atoms with Crippen molar-refractivity contribution >= 4 is 5.97 Å². The van der Waals surface area contributed by atoms with Gasteiger partial charge < -0.3 is 9.47 Å². The molecule has 1 heterocycles. The van der Waals surface area contributed by atoms with Crippen molar-refractivity contribution in [2.75, 3.05) is 6.61 Å². The molecule has 2 aromatic carbocycles. The Morgan fingerprint density at radius 1 is 0.786 bits per heavy atom. The smallest absolute Gasteiger partial charge is 0.314 e. The molecule has 0 bridgehead atoms. The van der Waals surface area contributed by atoms with Crippen LogP contribution in [-0.2, 0) is 4.79 Å². The first-order chi connectivity index (χ1) is 20.3. The third kappa shape index (κ3) is 10.8. The molecule has 1 aromatic heterocycles. The minimum absolute atomic E-state index is 0.175. The van der Waals surface area contributed by atoms with E-state index in [0.29, 0.717) is 34.9 Å². The van der Waals surface area contributed by atoms with E-state index in [4.69, 9.17) is 9.47 Å². The highest BCUT2D eigenvalue weighted by molar-refractivity contribution is 5.75. The van der Waals surface area contributed by atoms with Gasteiger partial charge in [-0.15, -0.1) is 0 Å². The van der Waals surface area contributed by atoms with Crippen molar-refractivity contribution in [3.8, 4) is 33.9 Å². The van der Waals surface area contributed by atoms with Gasteiger partial charge in [0, 0.05) is 23.4 Å². The summed E-state index contributed by atoms with van der Waals surface area (Å²) in [6, 6.07) is 12.7. The van der Waals surface area contributed by atoms with Gasteiger partial charge >= 0.3 is 5.97 Å². The molecular formula is C36H47F2NO3. The van der Waals surface area contributed by atoms with Gasteiger partial charge in [-0.3, -0.25) is 9.78 Å². The van der Waals surface area contributed by atoms with Crippen LogP contribution >= 0.6 is 0 Å². The van der Waals surface area contributed by atoms with Crippen molar-refractivity contribution in [1.29, 1.82) is 0 Å². The van der Waals surface area contributed by atoms with Gasteiger partial charge in [0.25, 0.3) is 0 Å². The highest BCUT2D eigenvalue weighted by Crippen LogP contribution is 2.29. The van der Waals surface area contributed by atoms with Crippen molar-refractivity contribution in [3.63, 3.8) is 0 Å². The fraction of sp³-hybridized carbons (Fsp3) is 0.500. The molecule has 4 nitrogen and oxygen atoms in total. The number of hydrogen-bond donors (Lipinski definition) is 0. The lowest BCUT2D eigenvalue weighted by Gasteiger charge is -2.13. The molecule has 228 valence electrons. The summed E-state index contributed by atoms with van der Waals surface area (Å²) in [7, 11) is 0. The van der Waals surface area contributed by atoms with E-state index in [1.165, 1.54) is 50.7 Å². The van der Waals surface area contributed by atoms with Crippen molar-refractivity contribution in [1.82, 2.24) is 4.98 Å². The van der Waals surface area contributed by atoms with E-state index < -0.39 is 11.6 Å². The minimum Gasteiger partial charge on any atom is -0.491 e. The predicted octanol–water partition coefficient (Wildman–Crippen LogP) is 10.6. The molecule has 0 aliphatic carbocycles. The van der Waals surface area contributed by atoms with Gasteiger partial charge in [-0.25, -0.2) is 8.78 Å². The summed E-state index contributed by atoms with van der Waals surface area (Å²) in [6.07, 6.45) is 14.0. The SMILES string of the molecule is CCCCCCCCCCOc1ccc(-c2ccc(-c3ccc(OC(=O)[C@@H](C)CCCC(C)C)cc3F)nc2)cc1F. The zero-order valence-corrected chi connectivity index (χ0v) is 25.8. The van der Waals surface area contributed by atoms with E-state index in [1.807, 2.05) is 6.92 Å². The van der Waals surface area contributed by atoms with Crippen LogP contribution in [0.2, 0.25) is 0 Å². The molecule has 0 amide bonds. The highest BCUT2D eigenvalue weighted by Gasteiger charge is 2.17. The molecule has 0 saturated carbocycles. The number of hydrogen-bond acceptors (Lipinski definition) is 4. The fourth-order valence-electron chi connectivity index (χ4n) is 4.87. The Kier molecular flexibility index (Phi) is 13.9. The molecule has 0 spiro atoms. The average Bonchev–Trinajstić information content (AvgIpc) is 2.97. The summed E-state index contributed by atoms with van der Waals surface area (Å²) in [5.74, 6) is -0.536. The van der Waals surface area contributed by atoms with E-state index in [1.54, 1.807) is 42.6 Å². The molecule has 42 heavy (non-hydrogen) atoms. The summed E-state index contributed by atoms with van der Waals surface area (Å²) < 4.78 is 40.7. The monoisotopic (exact) mass is 579 g/mol.